The number of halogens is 1. The Morgan fingerprint density at radius 3 is 2.63 bits per heavy atom. The minimum absolute atomic E-state index is 0.0304. The van der Waals surface area contributed by atoms with Gasteiger partial charge in [-0.05, 0) is 35.9 Å². The first-order valence-corrected chi connectivity index (χ1v) is 12.0. The highest BCUT2D eigenvalue weighted by atomic mass is 35.5. The minimum atomic E-state index is -0.229. The van der Waals surface area contributed by atoms with Crippen LogP contribution in [0.5, 0.6) is 5.75 Å². The number of fused-ring (bicyclic) bond motifs is 4. The van der Waals surface area contributed by atoms with Crippen molar-refractivity contribution < 1.29 is 19.4 Å². The zero-order valence-corrected chi connectivity index (χ0v) is 19.6. The number of ether oxygens (including phenoxy) is 1. The van der Waals surface area contributed by atoms with Crippen molar-refractivity contribution in [3.8, 4) is 5.75 Å². The van der Waals surface area contributed by atoms with Crippen LogP contribution in [0.15, 0.2) is 36.4 Å². The minimum Gasteiger partial charge on any atom is -0.506 e. The van der Waals surface area contributed by atoms with E-state index in [2.05, 4.69) is 9.97 Å². The molecule has 1 atom stereocenters. The van der Waals surface area contributed by atoms with E-state index in [0.717, 1.165) is 16.5 Å². The van der Waals surface area contributed by atoms with Crippen molar-refractivity contribution in [1.29, 1.82) is 0 Å². The van der Waals surface area contributed by atoms with E-state index in [1.807, 2.05) is 12.1 Å². The van der Waals surface area contributed by atoms with Crippen LogP contribution in [0.1, 0.15) is 32.5 Å². The van der Waals surface area contributed by atoms with Gasteiger partial charge in [-0.15, -0.1) is 11.6 Å². The average Bonchev–Trinajstić information content (AvgIpc) is 3.58. The molecule has 0 radical (unpaired) electrons. The summed E-state index contributed by atoms with van der Waals surface area (Å²) >= 11 is 6.34. The number of carbonyl (C=O) groups is 2. The van der Waals surface area contributed by atoms with Crippen LogP contribution in [0, 0.1) is 0 Å². The number of aromatic hydroxyl groups is 1. The van der Waals surface area contributed by atoms with Crippen LogP contribution in [-0.2, 0) is 4.74 Å². The number of rotatable bonds is 3. The number of nitrogens with zero attached hydrogens (tertiary/aromatic N) is 2. The maximum Gasteiger partial charge on any atom is 0.274 e. The summed E-state index contributed by atoms with van der Waals surface area (Å²) in [4.78, 5) is 36.2. The van der Waals surface area contributed by atoms with Gasteiger partial charge in [0.1, 0.15) is 17.1 Å². The van der Waals surface area contributed by atoms with Crippen LogP contribution in [0.2, 0.25) is 0 Å². The Morgan fingerprint density at radius 2 is 1.86 bits per heavy atom. The third kappa shape index (κ3) is 3.50. The first-order chi connectivity index (χ1) is 16.9. The van der Waals surface area contributed by atoms with E-state index in [1.54, 1.807) is 34.1 Å². The predicted molar refractivity (Wildman–Crippen MR) is 135 cm³/mol. The Bertz CT molecular complexity index is 1490. The lowest BCUT2D eigenvalue weighted by atomic mass is 9.98. The number of aromatic nitrogens is 2. The largest absolute Gasteiger partial charge is 0.506 e. The molecule has 0 unspecified atom stereocenters. The predicted octanol–water partition coefficient (Wildman–Crippen LogP) is 3.39. The highest BCUT2D eigenvalue weighted by Gasteiger charge is 2.36. The monoisotopic (exact) mass is 493 g/mol. The summed E-state index contributed by atoms with van der Waals surface area (Å²) in [5, 5.41) is 12.4. The van der Waals surface area contributed by atoms with Gasteiger partial charge < -0.3 is 35.3 Å². The van der Waals surface area contributed by atoms with Crippen molar-refractivity contribution in [1.82, 2.24) is 14.9 Å². The molecule has 6 rings (SSSR count). The number of nitrogens with two attached hydrogens (primary N) is 1. The Labute approximate surface area is 205 Å². The molecule has 1 fully saturated rings. The Kier molecular flexibility index (Phi) is 5.12. The number of nitrogen functional groups attached to an aromatic ring is 1. The average molecular weight is 494 g/mol. The van der Waals surface area contributed by atoms with Crippen molar-refractivity contribution in [2.45, 2.75) is 5.92 Å². The highest BCUT2D eigenvalue weighted by molar-refractivity contribution is 6.19. The fourth-order valence-electron chi connectivity index (χ4n) is 5.13. The van der Waals surface area contributed by atoms with Gasteiger partial charge in [-0.25, -0.2) is 0 Å². The number of H-pyrrole nitrogens is 2. The maximum atomic E-state index is 13.6. The number of anilines is 2. The van der Waals surface area contributed by atoms with Crippen molar-refractivity contribution in [2.24, 2.45) is 0 Å². The zero-order valence-electron chi connectivity index (χ0n) is 18.8. The number of hydrogen-bond donors (Lipinski definition) is 4. The SMILES string of the molecule is Nc1ccc2[nH]c(C(=O)N3C[C@@H](CCl)c4c3cc(O)c3[nH]c(C(=O)N5CCOCC5)cc43)cc2c1. The fourth-order valence-corrected chi connectivity index (χ4v) is 5.38. The summed E-state index contributed by atoms with van der Waals surface area (Å²) in [6, 6.07) is 10.5. The van der Waals surface area contributed by atoms with Gasteiger partial charge >= 0.3 is 0 Å². The summed E-state index contributed by atoms with van der Waals surface area (Å²) in [6.45, 7) is 2.39. The lowest BCUT2D eigenvalue weighted by Gasteiger charge is -2.26. The standard InChI is InChI=1S/C25H24ClN5O4/c26-11-14-12-31(25(34)18-8-13-7-15(27)1-2-17(13)28-18)20-10-21(32)23-16(22(14)20)9-19(29-23)24(33)30-3-5-35-6-4-30/h1-2,7-10,14,28-29,32H,3-6,11-12,27H2/t14-/m1/s1. The van der Waals surface area contributed by atoms with E-state index in [-0.39, 0.29) is 29.4 Å². The lowest BCUT2D eigenvalue weighted by Crippen LogP contribution is -2.40. The number of phenolic OH excluding ortho intramolecular Hbond substituents is 1. The van der Waals surface area contributed by atoms with Crippen molar-refractivity contribution >= 4 is 56.6 Å². The normalized spacial score (nSPS) is 17.9. The molecule has 2 aliphatic rings. The van der Waals surface area contributed by atoms with Gasteiger partial charge in [0.2, 0.25) is 0 Å². The van der Waals surface area contributed by atoms with E-state index in [1.165, 1.54) is 0 Å². The Balaban J connectivity index is 1.41. The molecule has 0 bridgehead atoms. The summed E-state index contributed by atoms with van der Waals surface area (Å²) in [5.41, 5.74) is 10.0. The maximum absolute atomic E-state index is 13.6. The van der Waals surface area contributed by atoms with Crippen LogP contribution in [-0.4, -0.2) is 70.5 Å². The molecule has 0 saturated carbocycles. The number of nitrogens with one attached hydrogen (secondary N) is 2. The second kappa shape index (κ2) is 8.21. The number of phenols is 1. The van der Waals surface area contributed by atoms with Crippen molar-refractivity contribution in [3.63, 3.8) is 0 Å². The van der Waals surface area contributed by atoms with Crippen LogP contribution < -0.4 is 10.6 Å². The molecule has 2 aromatic carbocycles. The van der Waals surface area contributed by atoms with Gasteiger partial charge in [0.15, 0.2) is 0 Å². The summed E-state index contributed by atoms with van der Waals surface area (Å²) in [7, 11) is 0. The van der Waals surface area contributed by atoms with Crippen LogP contribution in [0.25, 0.3) is 21.8 Å². The molecule has 35 heavy (non-hydrogen) atoms. The van der Waals surface area contributed by atoms with Gasteiger partial charge in [-0.2, -0.15) is 0 Å². The smallest absolute Gasteiger partial charge is 0.274 e. The first kappa shape index (κ1) is 21.8. The summed E-state index contributed by atoms with van der Waals surface area (Å²) in [5.74, 6) is -0.272. The molecule has 5 N–H and O–H groups in total. The lowest BCUT2D eigenvalue weighted by molar-refractivity contribution is 0.0299. The third-order valence-corrected chi connectivity index (χ3v) is 7.22. The number of benzene rings is 2. The van der Waals surface area contributed by atoms with Crippen LogP contribution in [0.3, 0.4) is 0 Å². The number of morpholine rings is 1. The first-order valence-electron chi connectivity index (χ1n) is 11.5. The molecule has 0 spiro atoms. The van der Waals surface area contributed by atoms with Gasteiger partial charge in [0.25, 0.3) is 11.8 Å². The molecule has 4 heterocycles. The van der Waals surface area contributed by atoms with Gasteiger partial charge in [0.05, 0.1) is 24.4 Å². The van der Waals surface area contributed by atoms with E-state index >= 15 is 0 Å². The topological polar surface area (TPSA) is 128 Å². The molecule has 2 aliphatic heterocycles. The molecular formula is C25H24ClN5O4. The van der Waals surface area contributed by atoms with E-state index < -0.39 is 0 Å². The van der Waals surface area contributed by atoms with Crippen molar-refractivity contribution in [2.75, 3.05) is 49.4 Å². The molecule has 2 aromatic heterocycles. The van der Waals surface area contributed by atoms with Crippen LogP contribution >= 0.6 is 11.6 Å². The highest BCUT2D eigenvalue weighted by Crippen LogP contribution is 2.46. The van der Waals surface area contributed by atoms with Gasteiger partial charge in [0, 0.05) is 59.5 Å². The van der Waals surface area contributed by atoms with Gasteiger partial charge in [-0.3, -0.25) is 9.59 Å². The molecular weight excluding hydrogens is 470 g/mol. The third-order valence-electron chi connectivity index (χ3n) is 6.85. The number of carbonyl (C=O) groups excluding carboxylic acids is 2. The summed E-state index contributed by atoms with van der Waals surface area (Å²) < 4.78 is 5.34. The summed E-state index contributed by atoms with van der Waals surface area (Å²) in [6.07, 6.45) is 0. The Hall–Kier alpha value is -3.69. The molecule has 4 aromatic rings. The Morgan fingerprint density at radius 1 is 1.09 bits per heavy atom. The van der Waals surface area contributed by atoms with E-state index in [0.29, 0.717) is 66.5 Å². The number of hydrogen-bond acceptors (Lipinski definition) is 5. The quantitative estimate of drug-likeness (QED) is 0.257. The molecule has 0 aliphatic carbocycles. The molecule has 1 saturated heterocycles. The number of amides is 2. The molecule has 9 nitrogen and oxygen atoms in total. The van der Waals surface area contributed by atoms with Gasteiger partial charge in [-0.1, -0.05) is 0 Å². The van der Waals surface area contributed by atoms with Crippen LogP contribution in [0.4, 0.5) is 11.4 Å². The number of aromatic amines is 2. The number of alkyl halides is 1. The molecule has 10 heteroatoms. The molecule has 180 valence electrons. The second-order valence-corrected chi connectivity index (χ2v) is 9.31. The van der Waals surface area contributed by atoms with Crippen molar-refractivity contribution in [3.05, 3.63) is 53.3 Å². The fraction of sp³-hybridized carbons (Fsp3) is 0.280. The van der Waals surface area contributed by atoms with E-state index in [9.17, 15) is 14.7 Å². The molecule has 2 amide bonds. The van der Waals surface area contributed by atoms with E-state index in [4.69, 9.17) is 22.1 Å². The second-order valence-electron chi connectivity index (χ2n) is 9.00. The zero-order chi connectivity index (χ0) is 24.3.